The van der Waals surface area contributed by atoms with Gasteiger partial charge in [-0.05, 0) is 82.1 Å². The molecular formula is C21H29N5OS. The molecule has 0 aliphatic carbocycles. The summed E-state index contributed by atoms with van der Waals surface area (Å²) in [5.41, 5.74) is 1.83. The third-order valence-corrected chi connectivity index (χ3v) is 7.71. The number of nitrogens with zero attached hydrogens (tertiary/aromatic N) is 4. The van der Waals surface area contributed by atoms with Crippen LogP contribution in [0.5, 0.6) is 0 Å². The number of amides is 1. The van der Waals surface area contributed by atoms with Crippen molar-refractivity contribution in [1.82, 2.24) is 19.5 Å². The van der Waals surface area contributed by atoms with Gasteiger partial charge < -0.3 is 20.0 Å². The lowest BCUT2D eigenvalue weighted by Gasteiger charge is -2.44. The van der Waals surface area contributed by atoms with Crippen LogP contribution in [0.25, 0.3) is 10.1 Å². The molecule has 4 saturated heterocycles. The second kappa shape index (κ2) is 7.28. The van der Waals surface area contributed by atoms with Crippen LogP contribution in [0.2, 0.25) is 0 Å². The minimum Gasteiger partial charge on any atom is -0.370 e. The van der Waals surface area contributed by atoms with Gasteiger partial charge in [-0.1, -0.05) is 0 Å². The molecule has 4 fully saturated rings. The van der Waals surface area contributed by atoms with E-state index >= 15 is 0 Å². The van der Waals surface area contributed by atoms with Crippen molar-refractivity contribution in [2.75, 3.05) is 51.7 Å². The zero-order valence-corrected chi connectivity index (χ0v) is 17.5. The average molecular weight is 400 g/mol. The fourth-order valence-corrected chi connectivity index (χ4v) is 5.86. The number of likely N-dealkylation sites (N-methyl/N-ethyl adjacent to an activating group) is 1. The van der Waals surface area contributed by atoms with Crippen LogP contribution >= 0.6 is 11.5 Å². The zero-order valence-electron chi connectivity index (χ0n) is 16.7. The average Bonchev–Trinajstić information content (AvgIpc) is 3.36. The Bertz CT molecular complexity index is 873. The Kier molecular flexibility index (Phi) is 4.77. The highest BCUT2D eigenvalue weighted by Crippen LogP contribution is 2.31. The Morgan fingerprint density at radius 2 is 2.00 bits per heavy atom. The van der Waals surface area contributed by atoms with Gasteiger partial charge in [0.2, 0.25) is 0 Å². The maximum absolute atomic E-state index is 12.9. The second-order valence-electron chi connectivity index (χ2n) is 8.78. The molecule has 6 rings (SSSR count). The summed E-state index contributed by atoms with van der Waals surface area (Å²) in [6.07, 6.45) is 3.60. The normalized spacial score (nSPS) is 29.8. The number of aromatic nitrogens is 1. The van der Waals surface area contributed by atoms with E-state index in [-0.39, 0.29) is 11.9 Å². The summed E-state index contributed by atoms with van der Waals surface area (Å²) in [6.45, 7) is 5.50. The molecule has 0 unspecified atom stereocenters. The Hall–Kier alpha value is -1.70. The van der Waals surface area contributed by atoms with Gasteiger partial charge in [0.1, 0.15) is 5.69 Å². The molecule has 1 aromatic heterocycles. The number of piperidine rings is 3. The maximum Gasteiger partial charge on any atom is 0.271 e. The van der Waals surface area contributed by atoms with E-state index in [0.717, 1.165) is 29.7 Å². The van der Waals surface area contributed by atoms with Gasteiger partial charge in [0.05, 0.1) is 4.70 Å². The third kappa shape index (κ3) is 3.29. The van der Waals surface area contributed by atoms with Crippen LogP contribution in [0.3, 0.4) is 0 Å². The van der Waals surface area contributed by atoms with Gasteiger partial charge in [0.25, 0.3) is 5.91 Å². The number of hydrogen-bond acceptors (Lipinski definition) is 6. The van der Waals surface area contributed by atoms with Gasteiger partial charge in [-0.3, -0.25) is 4.79 Å². The van der Waals surface area contributed by atoms with Crippen molar-refractivity contribution < 1.29 is 4.79 Å². The van der Waals surface area contributed by atoms with Crippen LogP contribution in [-0.2, 0) is 0 Å². The maximum atomic E-state index is 12.9. The van der Waals surface area contributed by atoms with E-state index in [9.17, 15) is 4.79 Å². The fourth-order valence-electron chi connectivity index (χ4n) is 5.05. The first-order valence-electron chi connectivity index (χ1n) is 10.4. The van der Waals surface area contributed by atoms with E-state index in [1.807, 2.05) is 0 Å². The molecular weight excluding hydrogens is 370 g/mol. The predicted molar refractivity (Wildman–Crippen MR) is 114 cm³/mol. The summed E-state index contributed by atoms with van der Waals surface area (Å²) in [5.74, 6) is 0.622. The first kappa shape index (κ1) is 18.3. The lowest BCUT2D eigenvalue weighted by atomic mass is 9.84. The van der Waals surface area contributed by atoms with Crippen molar-refractivity contribution in [3.8, 4) is 0 Å². The molecule has 4 aliphatic heterocycles. The van der Waals surface area contributed by atoms with Crippen molar-refractivity contribution >= 4 is 33.2 Å². The molecule has 7 heteroatoms. The molecule has 0 spiro atoms. The number of rotatable bonds is 4. The summed E-state index contributed by atoms with van der Waals surface area (Å²) >= 11 is 1.44. The molecule has 1 amide bonds. The van der Waals surface area contributed by atoms with Gasteiger partial charge in [-0.15, -0.1) is 0 Å². The molecule has 1 aromatic carbocycles. The minimum atomic E-state index is -0.00778. The van der Waals surface area contributed by atoms with Crippen molar-refractivity contribution in [2.24, 2.45) is 5.92 Å². The number of nitrogens with one attached hydrogen (secondary N) is 1. The van der Waals surface area contributed by atoms with E-state index in [1.165, 1.54) is 49.6 Å². The van der Waals surface area contributed by atoms with Crippen LogP contribution in [0.15, 0.2) is 18.2 Å². The lowest BCUT2D eigenvalue weighted by molar-refractivity contribution is 0.0619. The highest BCUT2D eigenvalue weighted by molar-refractivity contribution is 7.13. The molecule has 0 saturated carbocycles. The first-order valence-corrected chi connectivity index (χ1v) is 11.2. The van der Waals surface area contributed by atoms with Crippen LogP contribution in [0.1, 0.15) is 29.8 Å². The number of carbonyl (C=O) groups excluding carboxylic acids is 1. The molecule has 5 heterocycles. The monoisotopic (exact) mass is 399 g/mol. The van der Waals surface area contributed by atoms with Crippen LogP contribution in [-0.4, -0.2) is 79.0 Å². The van der Waals surface area contributed by atoms with Gasteiger partial charge in [-0.25, -0.2) is 0 Å². The van der Waals surface area contributed by atoms with E-state index in [0.29, 0.717) is 17.7 Å². The smallest absolute Gasteiger partial charge is 0.271 e. The SMILES string of the molecule is CN(C)[C@@H]1CCN(c2ccc3c(C(=O)N[C@H]4CN5CCC4CC5)nsc3c2)C1. The van der Waals surface area contributed by atoms with Crippen LogP contribution in [0.4, 0.5) is 5.69 Å². The van der Waals surface area contributed by atoms with Crippen molar-refractivity contribution in [1.29, 1.82) is 0 Å². The van der Waals surface area contributed by atoms with Crippen molar-refractivity contribution in [3.63, 3.8) is 0 Å². The number of hydrogen-bond donors (Lipinski definition) is 1. The molecule has 6 nitrogen and oxygen atoms in total. The van der Waals surface area contributed by atoms with E-state index in [1.54, 1.807) is 0 Å². The van der Waals surface area contributed by atoms with E-state index in [2.05, 4.69) is 56.7 Å². The first-order chi connectivity index (χ1) is 13.6. The molecule has 1 N–H and O–H groups in total. The second-order valence-corrected chi connectivity index (χ2v) is 9.59. The number of anilines is 1. The largest absolute Gasteiger partial charge is 0.370 e. The Morgan fingerprint density at radius 3 is 2.68 bits per heavy atom. The summed E-state index contributed by atoms with van der Waals surface area (Å²) < 4.78 is 5.62. The highest BCUT2D eigenvalue weighted by atomic mass is 32.1. The lowest BCUT2D eigenvalue weighted by Crippen LogP contribution is -2.57. The molecule has 0 radical (unpaired) electrons. The molecule has 2 aromatic rings. The Morgan fingerprint density at radius 1 is 1.18 bits per heavy atom. The Balaban J connectivity index is 1.32. The van der Waals surface area contributed by atoms with Gasteiger partial charge in [0, 0.05) is 42.8 Å². The number of carbonyl (C=O) groups is 1. The predicted octanol–water partition coefficient (Wildman–Crippen LogP) is 2.26. The van der Waals surface area contributed by atoms with E-state index < -0.39 is 0 Å². The van der Waals surface area contributed by atoms with Crippen molar-refractivity contribution in [3.05, 3.63) is 23.9 Å². The highest BCUT2D eigenvalue weighted by Gasteiger charge is 2.35. The zero-order chi connectivity index (χ0) is 19.3. The standard InChI is InChI=1S/C21H29N5OS/c1-24(2)16-7-10-26(12-16)15-3-4-17-19(11-15)28-23-20(17)21(27)22-18-13-25-8-5-14(18)6-9-25/h3-4,11,14,16,18H,5-10,12-13H2,1-2H3,(H,22,27)/t16-,18+/m1/s1. The topological polar surface area (TPSA) is 51.7 Å². The molecule has 2 atom stereocenters. The molecule has 150 valence electrons. The minimum absolute atomic E-state index is 0.00778. The quantitative estimate of drug-likeness (QED) is 0.855. The Labute approximate surface area is 170 Å². The molecule has 4 aliphatic rings. The fraction of sp³-hybridized carbons (Fsp3) is 0.619. The molecule has 2 bridgehead atoms. The van der Waals surface area contributed by atoms with E-state index in [4.69, 9.17) is 0 Å². The van der Waals surface area contributed by atoms with Crippen molar-refractivity contribution in [2.45, 2.75) is 31.3 Å². The van der Waals surface area contributed by atoms with Gasteiger partial charge >= 0.3 is 0 Å². The number of benzene rings is 1. The van der Waals surface area contributed by atoms with Gasteiger partial charge in [-0.2, -0.15) is 4.37 Å². The molecule has 28 heavy (non-hydrogen) atoms. The summed E-state index contributed by atoms with van der Waals surface area (Å²) in [5, 5.41) is 4.26. The van der Waals surface area contributed by atoms with Crippen LogP contribution < -0.4 is 10.2 Å². The summed E-state index contributed by atoms with van der Waals surface area (Å²) in [6, 6.07) is 7.33. The number of fused-ring (bicyclic) bond motifs is 4. The van der Waals surface area contributed by atoms with Gasteiger partial charge in [0.15, 0.2) is 0 Å². The summed E-state index contributed by atoms with van der Waals surface area (Å²) in [7, 11) is 4.31. The summed E-state index contributed by atoms with van der Waals surface area (Å²) in [4.78, 5) is 20.1. The third-order valence-electron chi connectivity index (χ3n) is 6.90. The van der Waals surface area contributed by atoms with Crippen LogP contribution in [0, 0.1) is 5.92 Å².